The first-order valence-electron chi connectivity index (χ1n) is 29.7. The molecule has 0 aliphatic rings. The monoisotopic (exact) mass is 968 g/mol. The number of hydrogen-bond donors (Lipinski definition) is 3. The predicted octanol–water partition coefficient (Wildman–Crippen LogP) is 20.0. The van der Waals surface area contributed by atoms with Crippen LogP contribution in [0.15, 0.2) is 122 Å². The summed E-state index contributed by atoms with van der Waals surface area (Å²) in [6, 6.07) is -0.653. The van der Waals surface area contributed by atoms with E-state index in [-0.39, 0.29) is 12.5 Å². The van der Waals surface area contributed by atoms with Gasteiger partial charge in [0.25, 0.3) is 0 Å². The third-order valence-electron chi connectivity index (χ3n) is 12.9. The molecule has 0 saturated heterocycles. The summed E-state index contributed by atoms with van der Waals surface area (Å²) in [7, 11) is 0. The number of amides is 1. The van der Waals surface area contributed by atoms with Crippen molar-refractivity contribution in [3.63, 3.8) is 0 Å². The van der Waals surface area contributed by atoms with Gasteiger partial charge in [-0.15, -0.1) is 0 Å². The second-order valence-corrected chi connectivity index (χ2v) is 19.7. The Morgan fingerprint density at radius 2 is 0.643 bits per heavy atom. The Labute approximate surface area is 435 Å². The number of carbonyl (C=O) groups excluding carboxylic acids is 1. The SMILES string of the molecule is CC/C=C\C/C=C\C/C=C\C/C=C\C/C=C\C/C=C\C/C=C\CCCCCCCCCCCCCCCCCC(=O)NC(CO)C(O)/C=C/CC/C=C/CC/C=C/CCCCCCCCCCCCC. The van der Waals surface area contributed by atoms with Crippen LogP contribution in [0.3, 0.4) is 0 Å². The van der Waals surface area contributed by atoms with E-state index in [9.17, 15) is 15.0 Å². The Kier molecular flexibility index (Phi) is 57.3. The van der Waals surface area contributed by atoms with E-state index in [1.165, 1.54) is 167 Å². The van der Waals surface area contributed by atoms with Crippen LogP contribution in [0, 0.1) is 0 Å². The minimum atomic E-state index is -0.877. The predicted molar refractivity (Wildman–Crippen MR) is 312 cm³/mol. The standard InChI is InChI=1S/C66H113NO3/c1-3-5-7-9-11-13-15-17-19-21-23-25-26-27-28-29-30-31-32-33-34-35-36-37-38-39-40-42-44-46-48-50-52-54-56-58-60-62-66(70)67-64(63-68)65(69)61-59-57-55-53-51-49-47-45-43-41-24-22-20-18-16-14-12-10-8-6-4-2/h5,7,11,13,17,19,23,25,27-28,30-31,33-34,43,45,51,53,59,61,64-65,68-69H,3-4,6,8-10,12,14-16,18,20-22,24,26,29,32,35-42,44,46-50,52,54-58,60,62-63H2,1-2H3,(H,67,70)/b7-5-,13-11-,19-17-,25-23-,28-27-,31-30-,34-33-,45-43+,53-51+,61-59+. The Bertz CT molecular complexity index is 1380. The molecule has 2 unspecified atom stereocenters. The van der Waals surface area contributed by atoms with E-state index in [2.05, 4.69) is 129 Å². The maximum atomic E-state index is 12.5. The van der Waals surface area contributed by atoms with Crippen molar-refractivity contribution in [2.24, 2.45) is 0 Å². The number of rotatable bonds is 53. The van der Waals surface area contributed by atoms with Crippen LogP contribution in [0.25, 0.3) is 0 Å². The van der Waals surface area contributed by atoms with Crippen LogP contribution in [0.2, 0.25) is 0 Å². The summed E-state index contributed by atoms with van der Waals surface area (Å²) in [5.74, 6) is -0.0807. The van der Waals surface area contributed by atoms with Crippen molar-refractivity contribution in [3.8, 4) is 0 Å². The van der Waals surface area contributed by atoms with Crippen molar-refractivity contribution in [1.82, 2.24) is 5.32 Å². The minimum Gasteiger partial charge on any atom is -0.394 e. The first-order chi connectivity index (χ1) is 34.7. The summed E-state index contributed by atoms with van der Waals surface area (Å²) in [6.07, 6.45) is 92.2. The van der Waals surface area contributed by atoms with Crippen LogP contribution in [-0.2, 0) is 4.79 Å². The van der Waals surface area contributed by atoms with Gasteiger partial charge in [0.05, 0.1) is 18.8 Å². The van der Waals surface area contributed by atoms with Crippen LogP contribution < -0.4 is 5.32 Å². The summed E-state index contributed by atoms with van der Waals surface area (Å²) in [5, 5.41) is 23.2. The molecule has 2 atom stereocenters. The molecule has 1 amide bonds. The van der Waals surface area contributed by atoms with Gasteiger partial charge in [-0.1, -0.05) is 283 Å². The normalized spacial score (nSPS) is 13.7. The molecule has 0 aliphatic heterocycles. The van der Waals surface area contributed by atoms with Crippen LogP contribution in [0.1, 0.15) is 271 Å². The number of hydrogen-bond acceptors (Lipinski definition) is 3. The Morgan fingerprint density at radius 3 is 1.00 bits per heavy atom. The molecule has 3 N–H and O–H groups in total. The highest BCUT2D eigenvalue weighted by Crippen LogP contribution is 2.16. The largest absolute Gasteiger partial charge is 0.394 e. The fourth-order valence-corrected chi connectivity index (χ4v) is 8.43. The van der Waals surface area contributed by atoms with Gasteiger partial charge in [-0.05, 0) is 103 Å². The molecular weight excluding hydrogens is 855 g/mol. The molecule has 0 saturated carbocycles. The first kappa shape index (κ1) is 66.8. The first-order valence-corrected chi connectivity index (χ1v) is 29.7. The number of nitrogens with one attached hydrogen (secondary N) is 1. The molecule has 0 fully saturated rings. The fourth-order valence-electron chi connectivity index (χ4n) is 8.43. The van der Waals surface area contributed by atoms with E-state index < -0.39 is 12.1 Å². The molecule has 0 spiro atoms. The highest BCUT2D eigenvalue weighted by molar-refractivity contribution is 5.76. The third kappa shape index (κ3) is 55.7. The van der Waals surface area contributed by atoms with E-state index in [0.717, 1.165) is 83.5 Å². The van der Waals surface area contributed by atoms with Crippen molar-refractivity contribution in [2.75, 3.05) is 6.61 Å². The summed E-state index contributed by atoms with van der Waals surface area (Å²) in [5.41, 5.74) is 0. The molecule has 0 aromatic carbocycles. The van der Waals surface area contributed by atoms with Crippen LogP contribution in [-0.4, -0.2) is 34.9 Å². The lowest BCUT2D eigenvalue weighted by Gasteiger charge is -2.19. The lowest BCUT2D eigenvalue weighted by atomic mass is 10.0. The lowest BCUT2D eigenvalue weighted by molar-refractivity contribution is -0.123. The molecule has 0 radical (unpaired) electrons. The Balaban J connectivity index is 3.57. The number of aliphatic hydroxyl groups is 2. The number of unbranched alkanes of at least 4 members (excludes halogenated alkanes) is 28. The third-order valence-corrected chi connectivity index (χ3v) is 12.9. The Hall–Kier alpha value is -3.21. The van der Waals surface area contributed by atoms with Crippen molar-refractivity contribution < 1.29 is 15.0 Å². The topological polar surface area (TPSA) is 69.6 Å². The minimum absolute atomic E-state index is 0.0807. The Morgan fingerprint density at radius 1 is 0.357 bits per heavy atom. The van der Waals surface area contributed by atoms with Gasteiger partial charge in [-0.2, -0.15) is 0 Å². The number of allylic oxidation sites excluding steroid dienone is 19. The maximum absolute atomic E-state index is 12.5. The van der Waals surface area contributed by atoms with Crippen LogP contribution in [0.5, 0.6) is 0 Å². The van der Waals surface area contributed by atoms with E-state index in [1.807, 2.05) is 6.08 Å². The van der Waals surface area contributed by atoms with Gasteiger partial charge in [0.15, 0.2) is 0 Å². The van der Waals surface area contributed by atoms with E-state index in [1.54, 1.807) is 6.08 Å². The molecule has 4 heteroatoms. The van der Waals surface area contributed by atoms with Gasteiger partial charge in [0, 0.05) is 6.42 Å². The molecule has 0 bridgehead atoms. The number of carbonyl (C=O) groups is 1. The van der Waals surface area contributed by atoms with Crippen molar-refractivity contribution in [3.05, 3.63) is 122 Å². The van der Waals surface area contributed by atoms with E-state index in [4.69, 9.17) is 0 Å². The zero-order valence-corrected chi connectivity index (χ0v) is 46.0. The summed E-state index contributed by atoms with van der Waals surface area (Å²) >= 11 is 0. The smallest absolute Gasteiger partial charge is 0.220 e. The second-order valence-electron chi connectivity index (χ2n) is 19.7. The van der Waals surface area contributed by atoms with Crippen molar-refractivity contribution >= 4 is 5.91 Å². The second kappa shape index (κ2) is 60.1. The molecule has 0 aliphatic carbocycles. The molecule has 0 aromatic rings. The zero-order valence-electron chi connectivity index (χ0n) is 46.0. The van der Waals surface area contributed by atoms with Gasteiger partial charge < -0.3 is 15.5 Å². The highest BCUT2D eigenvalue weighted by Gasteiger charge is 2.18. The highest BCUT2D eigenvalue weighted by atomic mass is 16.3. The van der Waals surface area contributed by atoms with Gasteiger partial charge in [-0.3, -0.25) is 4.79 Å². The van der Waals surface area contributed by atoms with Gasteiger partial charge in [-0.25, -0.2) is 0 Å². The van der Waals surface area contributed by atoms with Gasteiger partial charge in [0.1, 0.15) is 0 Å². The maximum Gasteiger partial charge on any atom is 0.220 e. The van der Waals surface area contributed by atoms with Crippen LogP contribution >= 0.6 is 0 Å². The molecular formula is C66H113NO3. The van der Waals surface area contributed by atoms with Gasteiger partial charge in [0.2, 0.25) is 5.91 Å². The summed E-state index contributed by atoms with van der Waals surface area (Å²) in [4.78, 5) is 12.5. The fraction of sp³-hybridized carbons (Fsp3) is 0.682. The van der Waals surface area contributed by atoms with Gasteiger partial charge >= 0.3 is 0 Å². The van der Waals surface area contributed by atoms with Crippen molar-refractivity contribution in [2.45, 2.75) is 283 Å². The zero-order chi connectivity index (χ0) is 50.6. The van der Waals surface area contributed by atoms with Crippen LogP contribution in [0.4, 0.5) is 0 Å². The van der Waals surface area contributed by atoms with Crippen molar-refractivity contribution in [1.29, 1.82) is 0 Å². The van der Waals surface area contributed by atoms with E-state index in [0.29, 0.717) is 6.42 Å². The molecule has 0 rings (SSSR count). The molecule has 4 nitrogen and oxygen atoms in total. The number of aliphatic hydroxyl groups excluding tert-OH is 2. The lowest BCUT2D eigenvalue weighted by Crippen LogP contribution is -2.45. The average Bonchev–Trinajstić information content (AvgIpc) is 3.36. The molecule has 0 aromatic heterocycles. The quantitative estimate of drug-likeness (QED) is 0.0420. The summed E-state index contributed by atoms with van der Waals surface area (Å²) in [6.45, 7) is 4.18. The molecule has 400 valence electrons. The molecule has 0 heterocycles. The summed E-state index contributed by atoms with van der Waals surface area (Å²) < 4.78 is 0. The van der Waals surface area contributed by atoms with E-state index >= 15 is 0 Å². The molecule has 70 heavy (non-hydrogen) atoms. The average molecular weight is 969 g/mol.